The van der Waals surface area contributed by atoms with Crippen molar-refractivity contribution in [2.45, 2.75) is 32.1 Å². The Morgan fingerprint density at radius 2 is 2.06 bits per heavy atom. The molecule has 1 spiro atoms. The molecule has 0 aromatic rings. The number of nitrogens with zero attached hydrogens (tertiary/aromatic N) is 1. The molecule has 4 heteroatoms. The van der Waals surface area contributed by atoms with Gasteiger partial charge in [-0.15, -0.1) is 11.6 Å². The summed E-state index contributed by atoms with van der Waals surface area (Å²) in [7, 11) is 0. The largest absolute Gasteiger partial charge is 0.341 e. The summed E-state index contributed by atoms with van der Waals surface area (Å²) in [6.45, 7) is 1.87. The summed E-state index contributed by atoms with van der Waals surface area (Å²) in [5.41, 5.74) is 0.431. The Balaban J connectivity index is 1.90. The molecular weight excluding hydrogens is 289 g/mol. The summed E-state index contributed by atoms with van der Waals surface area (Å²) in [5, 5.41) is 1.13. The van der Waals surface area contributed by atoms with Crippen LogP contribution < -0.4 is 0 Å². The van der Waals surface area contributed by atoms with Crippen LogP contribution in [0, 0.1) is 11.3 Å². The maximum absolute atomic E-state index is 11.5. The van der Waals surface area contributed by atoms with E-state index in [1.54, 1.807) is 0 Å². The van der Waals surface area contributed by atoms with Crippen LogP contribution >= 0.6 is 27.5 Å². The molecule has 0 aromatic carbocycles. The zero-order valence-corrected chi connectivity index (χ0v) is 11.9. The molecule has 0 aromatic heterocycles. The van der Waals surface area contributed by atoms with Crippen LogP contribution in [0.4, 0.5) is 0 Å². The predicted octanol–water partition coefficient (Wildman–Crippen LogP) is 3.03. The molecule has 1 amide bonds. The van der Waals surface area contributed by atoms with Gasteiger partial charge in [0.1, 0.15) is 5.88 Å². The molecule has 1 saturated carbocycles. The summed E-state index contributed by atoms with van der Waals surface area (Å²) < 4.78 is 0. The minimum absolute atomic E-state index is 0.112. The lowest BCUT2D eigenvalue weighted by atomic mass is 9.70. The highest BCUT2D eigenvalue weighted by Crippen LogP contribution is 2.45. The van der Waals surface area contributed by atoms with Crippen LogP contribution in [-0.4, -0.2) is 35.1 Å². The molecule has 2 rings (SSSR count). The fourth-order valence-electron chi connectivity index (χ4n) is 3.08. The molecule has 0 radical (unpaired) electrons. The monoisotopic (exact) mass is 307 g/mol. The number of hydrogen-bond donors (Lipinski definition) is 0. The van der Waals surface area contributed by atoms with Crippen LogP contribution in [0.1, 0.15) is 32.1 Å². The van der Waals surface area contributed by atoms with Gasteiger partial charge in [0.15, 0.2) is 0 Å². The first-order valence-corrected chi connectivity index (χ1v) is 7.74. The Bertz CT molecular complexity index is 264. The lowest BCUT2D eigenvalue weighted by molar-refractivity contribution is -0.128. The molecular formula is C12H19BrClNO. The molecule has 16 heavy (non-hydrogen) atoms. The number of alkyl halides is 2. The summed E-state index contributed by atoms with van der Waals surface area (Å²) in [6, 6.07) is 0. The van der Waals surface area contributed by atoms with Gasteiger partial charge in [-0.25, -0.2) is 0 Å². The topological polar surface area (TPSA) is 20.3 Å². The number of carbonyl (C=O) groups excluding carboxylic acids is 1. The van der Waals surface area contributed by atoms with Crippen molar-refractivity contribution in [1.82, 2.24) is 4.90 Å². The second-order valence-corrected chi connectivity index (χ2v) is 6.21. The van der Waals surface area contributed by atoms with E-state index in [0.29, 0.717) is 5.41 Å². The van der Waals surface area contributed by atoms with Crippen LogP contribution in [0.15, 0.2) is 0 Å². The first-order chi connectivity index (χ1) is 7.69. The average Bonchev–Trinajstić information content (AvgIpc) is 2.73. The van der Waals surface area contributed by atoms with Gasteiger partial charge in [0.05, 0.1) is 0 Å². The number of hydrogen-bond acceptors (Lipinski definition) is 1. The van der Waals surface area contributed by atoms with Crippen molar-refractivity contribution in [3.05, 3.63) is 0 Å². The van der Waals surface area contributed by atoms with Crippen molar-refractivity contribution >= 4 is 33.4 Å². The molecule has 1 heterocycles. The van der Waals surface area contributed by atoms with Crippen LogP contribution in [0.5, 0.6) is 0 Å². The van der Waals surface area contributed by atoms with E-state index in [2.05, 4.69) is 15.9 Å². The lowest BCUT2D eigenvalue weighted by Gasteiger charge is -2.36. The highest BCUT2D eigenvalue weighted by atomic mass is 79.9. The standard InChI is InChI=1S/C12H19BrClNO/c13-7-10-1-3-12(4-2-10)5-6-15(9-12)11(16)8-14/h10H,1-9H2. The molecule has 0 bridgehead atoms. The maximum Gasteiger partial charge on any atom is 0.237 e. The molecule has 0 atom stereocenters. The van der Waals surface area contributed by atoms with Gasteiger partial charge < -0.3 is 4.90 Å². The van der Waals surface area contributed by atoms with E-state index in [1.165, 1.54) is 32.1 Å². The third-order valence-corrected chi connectivity index (χ3v) is 5.43. The van der Waals surface area contributed by atoms with Crippen LogP contribution in [0.2, 0.25) is 0 Å². The maximum atomic E-state index is 11.5. The van der Waals surface area contributed by atoms with Gasteiger partial charge in [-0.1, -0.05) is 15.9 Å². The molecule has 0 unspecified atom stereocenters. The van der Waals surface area contributed by atoms with E-state index >= 15 is 0 Å². The Labute approximate surface area is 111 Å². The zero-order valence-electron chi connectivity index (χ0n) is 9.55. The van der Waals surface area contributed by atoms with Gasteiger partial charge in [0.25, 0.3) is 0 Å². The Hall–Kier alpha value is 0.240. The normalized spacial score (nSPS) is 34.6. The fraction of sp³-hybridized carbons (Fsp3) is 0.917. The third-order valence-electron chi connectivity index (χ3n) is 4.29. The zero-order chi connectivity index (χ0) is 11.6. The van der Waals surface area contributed by atoms with E-state index in [0.717, 1.165) is 24.3 Å². The second-order valence-electron chi connectivity index (χ2n) is 5.30. The van der Waals surface area contributed by atoms with E-state index in [9.17, 15) is 4.79 Å². The van der Waals surface area contributed by atoms with Crippen molar-refractivity contribution in [2.24, 2.45) is 11.3 Å². The van der Waals surface area contributed by atoms with E-state index in [1.807, 2.05) is 4.90 Å². The SMILES string of the molecule is O=C(CCl)N1CCC2(CCC(CBr)CC2)C1. The Morgan fingerprint density at radius 1 is 1.38 bits per heavy atom. The number of carbonyl (C=O) groups is 1. The number of amides is 1. The van der Waals surface area contributed by atoms with Crippen molar-refractivity contribution in [1.29, 1.82) is 0 Å². The minimum Gasteiger partial charge on any atom is -0.341 e. The quantitative estimate of drug-likeness (QED) is 0.718. The minimum atomic E-state index is 0.112. The van der Waals surface area contributed by atoms with Gasteiger partial charge >= 0.3 is 0 Å². The fourth-order valence-corrected chi connectivity index (χ4v) is 3.90. The van der Waals surface area contributed by atoms with Gasteiger partial charge in [-0.05, 0) is 43.4 Å². The third kappa shape index (κ3) is 2.56. The molecule has 92 valence electrons. The van der Waals surface area contributed by atoms with Gasteiger partial charge in [-0.2, -0.15) is 0 Å². The van der Waals surface area contributed by atoms with E-state index in [-0.39, 0.29) is 11.8 Å². The predicted molar refractivity (Wildman–Crippen MR) is 70.1 cm³/mol. The molecule has 1 saturated heterocycles. The Kier molecular flexibility index (Phi) is 4.17. The van der Waals surface area contributed by atoms with Gasteiger partial charge in [0.2, 0.25) is 5.91 Å². The molecule has 0 N–H and O–H groups in total. The molecule has 2 aliphatic rings. The summed E-state index contributed by atoms with van der Waals surface area (Å²) in [6.07, 6.45) is 6.39. The Morgan fingerprint density at radius 3 is 2.62 bits per heavy atom. The summed E-state index contributed by atoms with van der Waals surface area (Å²) in [5.74, 6) is 1.10. The highest BCUT2D eigenvalue weighted by molar-refractivity contribution is 9.09. The number of likely N-dealkylation sites (tertiary alicyclic amines) is 1. The average molecular weight is 309 g/mol. The first kappa shape index (κ1) is 12.7. The number of rotatable bonds is 2. The molecule has 2 fully saturated rings. The van der Waals surface area contributed by atoms with E-state index < -0.39 is 0 Å². The van der Waals surface area contributed by atoms with Crippen LogP contribution in [0.3, 0.4) is 0 Å². The van der Waals surface area contributed by atoms with Crippen molar-refractivity contribution in [3.8, 4) is 0 Å². The van der Waals surface area contributed by atoms with Crippen molar-refractivity contribution < 1.29 is 4.79 Å². The van der Waals surface area contributed by atoms with E-state index in [4.69, 9.17) is 11.6 Å². The second kappa shape index (κ2) is 5.26. The molecule has 1 aliphatic carbocycles. The smallest absolute Gasteiger partial charge is 0.237 e. The molecule has 1 aliphatic heterocycles. The first-order valence-electron chi connectivity index (χ1n) is 6.09. The van der Waals surface area contributed by atoms with Crippen LogP contribution in [-0.2, 0) is 4.79 Å². The van der Waals surface area contributed by atoms with Crippen molar-refractivity contribution in [2.75, 3.05) is 24.3 Å². The lowest BCUT2D eigenvalue weighted by Crippen LogP contribution is -2.35. The van der Waals surface area contributed by atoms with Crippen LogP contribution in [0.25, 0.3) is 0 Å². The summed E-state index contributed by atoms with van der Waals surface area (Å²) in [4.78, 5) is 13.5. The highest BCUT2D eigenvalue weighted by Gasteiger charge is 2.41. The van der Waals surface area contributed by atoms with Crippen molar-refractivity contribution in [3.63, 3.8) is 0 Å². The summed E-state index contributed by atoms with van der Waals surface area (Å²) >= 11 is 9.18. The molecule has 2 nitrogen and oxygen atoms in total. The number of halogens is 2. The van der Waals surface area contributed by atoms with Gasteiger partial charge in [0, 0.05) is 18.4 Å². The van der Waals surface area contributed by atoms with Gasteiger partial charge in [-0.3, -0.25) is 4.79 Å².